The Morgan fingerprint density at radius 1 is 1.18 bits per heavy atom. The predicted molar refractivity (Wildman–Crippen MR) is 85.7 cm³/mol. The zero-order chi connectivity index (χ0) is 15.5. The van der Waals surface area contributed by atoms with Gasteiger partial charge in [-0.2, -0.15) is 4.98 Å². The number of nitrogens with one attached hydrogen (secondary N) is 1. The van der Waals surface area contributed by atoms with Crippen molar-refractivity contribution in [1.29, 1.82) is 0 Å². The third-order valence-electron chi connectivity index (χ3n) is 3.15. The highest BCUT2D eigenvalue weighted by atomic mass is 15.2. The number of rotatable bonds is 4. The van der Waals surface area contributed by atoms with Gasteiger partial charge in [0.2, 0.25) is 5.95 Å². The van der Waals surface area contributed by atoms with Crippen LogP contribution < -0.4 is 10.2 Å². The van der Waals surface area contributed by atoms with Crippen molar-refractivity contribution in [3.05, 3.63) is 48.8 Å². The average molecular weight is 295 g/mol. The number of aromatic nitrogens is 5. The Hall–Kier alpha value is -2.96. The summed E-state index contributed by atoms with van der Waals surface area (Å²) < 4.78 is 1.84. The van der Waals surface area contributed by atoms with Crippen molar-refractivity contribution in [2.75, 3.05) is 24.3 Å². The van der Waals surface area contributed by atoms with Crippen LogP contribution in [0.3, 0.4) is 0 Å². The summed E-state index contributed by atoms with van der Waals surface area (Å²) in [5.74, 6) is 2.16. The van der Waals surface area contributed by atoms with E-state index < -0.39 is 0 Å². The van der Waals surface area contributed by atoms with E-state index in [1.807, 2.05) is 48.8 Å². The maximum absolute atomic E-state index is 4.54. The van der Waals surface area contributed by atoms with Crippen molar-refractivity contribution < 1.29 is 0 Å². The molecular formula is C15H17N7. The van der Waals surface area contributed by atoms with Gasteiger partial charge in [0.05, 0.1) is 5.69 Å². The largest absolute Gasteiger partial charge is 0.362 e. The lowest BCUT2D eigenvalue weighted by Crippen LogP contribution is -2.14. The summed E-state index contributed by atoms with van der Waals surface area (Å²) in [4.78, 5) is 19.3. The molecule has 0 unspecified atom stereocenters. The van der Waals surface area contributed by atoms with Crippen LogP contribution in [0.5, 0.6) is 0 Å². The van der Waals surface area contributed by atoms with Gasteiger partial charge in [0, 0.05) is 44.4 Å². The molecule has 0 aliphatic rings. The lowest BCUT2D eigenvalue weighted by molar-refractivity contribution is 0.987. The van der Waals surface area contributed by atoms with Gasteiger partial charge in [-0.25, -0.2) is 15.0 Å². The number of hydrogen-bond acceptors (Lipinski definition) is 6. The zero-order valence-electron chi connectivity index (χ0n) is 12.7. The molecule has 0 aliphatic carbocycles. The Labute approximate surface area is 128 Å². The number of anilines is 3. The first-order chi connectivity index (χ1) is 10.6. The molecule has 7 nitrogen and oxygen atoms in total. The molecule has 0 amide bonds. The lowest BCUT2D eigenvalue weighted by atomic mass is 10.3. The molecule has 3 rings (SSSR count). The monoisotopic (exact) mass is 295 g/mol. The normalized spacial score (nSPS) is 10.5. The fraction of sp³-hybridized carbons (Fsp3) is 0.200. The molecule has 0 saturated carbocycles. The van der Waals surface area contributed by atoms with E-state index in [9.17, 15) is 0 Å². The van der Waals surface area contributed by atoms with E-state index in [0.717, 1.165) is 22.9 Å². The molecule has 0 aromatic carbocycles. The van der Waals surface area contributed by atoms with Gasteiger partial charge in [-0.1, -0.05) is 0 Å². The first-order valence-electron chi connectivity index (χ1n) is 6.86. The van der Waals surface area contributed by atoms with Crippen LogP contribution in [0.2, 0.25) is 0 Å². The molecule has 3 heterocycles. The summed E-state index contributed by atoms with van der Waals surface area (Å²) in [5, 5.41) is 3.22. The highest BCUT2D eigenvalue weighted by Gasteiger charge is 2.09. The second-order valence-corrected chi connectivity index (χ2v) is 5.06. The molecule has 112 valence electrons. The summed E-state index contributed by atoms with van der Waals surface area (Å²) >= 11 is 0. The molecule has 7 heteroatoms. The molecule has 22 heavy (non-hydrogen) atoms. The smallest absolute Gasteiger partial charge is 0.229 e. The molecule has 3 aromatic rings. The number of hydrogen-bond donors (Lipinski definition) is 1. The molecular weight excluding hydrogens is 278 g/mol. The lowest BCUT2D eigenvalue weighted by Gasteiger charge is -2.16. The van der Waals surface area contributed by atoms with Crippen LogP contribution in [0, 0.1) is 6.92 Å². The maximum Gasteiger partial charge on any atom is 0.229 e. The average Bonchev–Trinajstić information content (AvgIpc) is 3.03. The maximum atomic E-state index is 4.54. The van der Waals surface area contributed by atoms with E-state index in [4.69, 9.17) is 0 Å². The van der Waals surface area contributed by atoms with E-state index in [1.54, 1.807) is 24.9 Å². The van der Waals surface area contributed by atoms with Crippen molar-refractivity contribution in [3.63, 3.8) is 0 Å². The minimum Gasteiger partial charge on any atom is -0.362 e. The summed E-state index contributed by atoms with van der Waals surface area (Å²) in [6, 6.07) is 3.80. The number of aryl methyl sites for hydroxylation is 1. The van der Waals surface area contributed by atoms with Crippen molar-refractivity contribution in [2.24, 2.45) is 0 Å². The fourth-order valence-electron chi connectivity index (χ4n) is 2.15. The van der Waals surface area contributed by atoms with Gasteiger partial charge in [0.15, 0.2) is 5.82 Å². The number of imidazole rings is 1. The van der Waals surface area contributed by atoms with E-state index in [0.29, 0.717) is 5.95 Å². The first kappa shape index (κ1) is 14.0. The van der Waals surface area contributed by atoms with Crippen LogP contribution in [-0.4, -0.2) is 38.6 Å². The Morgan fingerprint density at radius 2 is 2.05 bits per heavy atom. The third kappa shape index (κ3) is 2.73. The summed E-state index contributed by atoms with van der Waals surface area (Å²) in [6.07, 6.45) is 8.80. The van der Waals surface area contributed by atoms with Gasteiger partial charge >= 0.3 is 0 Å². The van der Waals surface area contributed by atoms with Crippen molar-refractivity contribution >= 4 is 17.5 Å². The highest BCUT2D eigenvalue weighted by molar-refractivity contribution is 5.63. The Balaban J connectivity index is 1.96. The van der Waals surface area contributed by atoms with E-state index >= 15 is 0 Å². The number of nitrogens with zero attached hydrogens (tertiary/aromatic N) is 6. The van der Waals surface area contributed by atoms with Gasteiger partial charge in [0.25, 0.3) is 0 Å². The van der Waals surface area contributed by atoms with Crippen molar-refractivity contribution in [2.45, 2.75) is 6.92 Å². The summed E-state index contributed by atoms with van der Waals surface area (Å²) in [6.45, 7) is 1.99. The van der Waals surface area contributed by atoms with Gasteiger partial charge in [-0.05, 0) is 19.1 Å². The van der Waals surface area contributed by atoms with Crippen LogP contribution in [0.1, 0.15) is 5.56 Å². The van der Waals surface area contributed by atoms with Gasteiger partial charge in [-0.3, -0.25) is 4.57 Å². The minimum absolute atomic E-state index is 0.531. The molecule has 0 fully saturated rings. The molecule has 0 bridgehead atoms. The molecule has 0 aliphatic heterocycles. The van der Waals surface area contributed by atoms with Crippen LogP contribution in [-0.2, 0) is 0 Å². The Bertz CT molecular complexity index is 765. The van der Waals surface area contributed by atoms with Crippen LogP contribution in [0.25, 0.3) is 5.82 Å². The topological polar surface area (TPSA) is 71.8 Å². The van der Waals surface area contributed by atoms with Gasteiger partial charge in [0.1, 0.15) is 12.1 Å². The second-order valence-electron chi connectivity index (χ2n) is 5.06. The minimum atomic E-state index is 0.531. The Kier molecular flexibility index (Phi) is 3.69. The highest BCUT2D eigenvalue weighted by Crippen LogP contribution is 2.22. The predicted octanol–water partition coefficient (Wildman–Crippen LogP) is 2.18. The first-order valence-corrected chi connectivity index (χ1v) is 6.86. The molecule has 3 aromatic heterocycles. The molecule has 0 spiro atoms. The molecule has 0 saturated heterocycles. The standard InChI is InChI=1S/C15H17N7/c1-11-9-18-15(20-13(11)21(2)3)19-12-5-4-6-17-14(12)22-8-7-16-10-22/h4-10H,1-3H3,(H,18,19,20). The van der Waals surface area contributed by atoms with Crippen molar-refractivity contribution in [1.82, 2.24) is 24.5 Å². The van der Waals surface area contributed by atoms with E-state index in [1.165, 1.54) is 0 Å². The number of pyridine rings is 1. The summed E-state index contributed by atoms with van der Waals surface area (Å²) in [7, 11) is 3.92. The zero-order valence-corrected chi connectivity index (χ0v) is 12.7. The van der Waals surface area contributed by atoms with E-state index in [2.05, 4.69) is 25.3 Å². The van der Waals surface area contributed by atoms with Gasteiger partial charge < -0.3 is 10.2 Å². The molecule has 0 radical (unpaired) electrons. The molecule has 0 atom stereocenters. The summed E-state index contributed by atoms with van der Waals surface area (Å²) in [5.41, 5.74) is 1.84. The third-order valence-corrected chi connectivity index (χ3v) is 3.15. The fourth-order valence-corrected chi connectivity index (χ4v) is 2.15. The van der Waals surface area contributed by atoms with Crippen molar-refractivity contribution in [3.8, 4) is 5.82 Å². The second kappa shape index (κ2) is 5.80. The van der Waals surface area contributed by atoms with E-state index in [-0.39, 0.29) is 0 Å². The van der Waals surface area contributed by atoms with Crippen LogP contribution in [0.4, 0.5) is 17.5 Å². The Morgan fingerprint density at radius 3 is 2.77 bits per heavy atom. The van der Waals surface area contributed by atoms with Gasteiger partial charge in [-0.15, -0.1) is 0 Å². The van der Waals surface area contributed by atoms with Crippen LogP contribution in [0.15, 0.2) is 43.2 Å². The van der Waals surface area contributed by atoms with Crippen LogP contribution >= 0.6 is 0 Å². The quantitative estimate of drug-likeness (QED) is 0.795. The molecule has 1 N–H and O–H groups in total. The SMILES string of the molecule is Cc1cnc(Nc2cccnc2-n2ccnc2)nc1N(C)C.